The van der Waals surface area contributed by atoms with Gasteiger partial charge in [0, 0.05) is 21.6 Å². The van der Waals surface area contributed by atoms with E-state index in [0.717, 1.165) is 21.5 Å². The predicted molar refractivity (Wildman–Crippen MR) is 91.4 cm³/mol. The van der Waals surface area contributed by atoms with Crippen molar-refractivity contribution in [2.75, 3.05) is 11.3 Å². The maximum Gasteiger partial charge on any atom is 0.271 e. The highest BCUT2D eigenvalue weighted by molar-refractivity contribution is 9.10. The van der Waals surface area contributed by atoms with Gasteiger partial charge in [0.2, 0.25) is 0 Å². The van der Waals surface area contributed by atoms with Crippen LogP contribution in [-0.4, -0.2) is 15.0 Å². The summed E-state index contributed by atoms with van der Waals surface area (Å²) in [7, 11) is -3.52. The first-order valence-electron chi connectivity index (χ1n) is 6.51. The molecule has 0 radical (unpaired) electrons. The highest BCUT2D eigenvalue weighted by atomic mass is 79.9. The minimum absolute atomic E-state index is 0.330. The number of hydrogen-bond acceptors (Lipinski definition) is 4. The molecule has 0 aliphatic rings. The van der Waals surface area contributed by atoms with Gasteiger partial charge >= 0.3 is 0 Å². The molecule has 0 fully saturated rings. The molecule has 4 nitrogen and oxygen atoms in total. The predicted octanol–water partition coefficient (Wildman–Crippen LogP) is 3.73. The van der Waals surface area contributed by atoms with Gasteiger partial charge in [-0.05, 0) is 49.4 Å². The van der Waals surface area contributed by atoms with Crippen molar-refractivity contribution in [1.82, 2.24) is 5.32 Å². The van der Waals surface area contributed by atoms with E-state index in [-0.39, 0.29) is 0 Å². The molecule has 1 aromatic heterocycles. The van der Waals surface area contributed by atoms with E-state index in [1.54, 1.807) is 18.2 Å². The van der Waals surface area contributed by atoms with Gasteiger partial charge in [-0.25, -0.2) is 8.42 Å². The molecular weight excluding hydrogens is 372 g/mol. The van der Waals surface area contributed by atoms with E-state index in [0.29, 0.717) is 16.4 Å². The molecular formula is C14H17BrN2O2S2. The molecule has 0 saturated carbocycles. The van der Waals surface area contributed by atoms with E-state index in [1.165, 1.54) is 11.3 Å². The van der Waals surface area contributed by atoms with Crippen LogP contribution in [-0.2, 0) is 16.6 Å². The second kappa shape index (κ2) is 6.91. The number of benzene rings is 1. The van der Waals surface area contributed by atoms with Crippen LogP contribution in [0.25, 0.3) is 0 Å². The summed E-state index contributed by atoms with van der Waals surface area (Å²) in [5.41, 5.74) is 1.55. The van der Waals surface area contributed by atoms with Gasteiger partial charge < -0.3 is 5.32 Å². The lowest BCUT2D eigenvalue weighted by Crippen LogP contribution is -2.12. The third-order valence-electron chi connectivity index (χ3n) is 2.86. The minimum Gasteiger partial charge on any atom is -0.312 e. The number of thiophene rings is 1. The zero-order chi connectivity index (χ0) is 15.5. The molecule has 0 aliphatic carbocycles. The highest BCUT2D eigenvalue weighted by Crippen LogP contribution is 2.26. The van der Waals surface area contributed by atoms with Crippen molar-refractivity contribution in [3.63, 3.8) is 0 Å². The van der Waals surface area contributed by atoms with Gasteiger partial charge in [-0.1, -0.05) is 22.9 Å². The van der Waals surface area contributed by atoms with Crippen LogP contribution in [0.3, 0.4) is 0 Å². The molecule has 1 heterocycles. The lowest BCUT2D eigenvalue weighted by atomic mass is 10.2. The van der Waals surface area contributed by atoms with Crippen molar-refractivity contribution in [3.05, 3.63) is 45.2 Å². The second-order valence-electron chi connectivity index (χ2n) is 4.57. The zero-order valence-corrected chi connectivity index (χ0v) is 15.0. The smallest absolute Gasteiger partial charge is 0.271 e. The van der Waals surface area contributed by atoms with Crippen molar-refractivity contribution in [1.29, 1.82) is 0 Å². The molecule has 1 aromatic carbocycles. The molecule has 2 rings (SSSR count). The summed E-state index contributed by atoms with van der Waals surface area (Å²) in [5.74, 6) is 0. The fourth-order valence-electron chi connectivity index (χ4n) is 1.76. The lowest BCUT2D eigenvalue weighted by Gasteiger charge is -2.08. The van der Waals surface area contributed by atoms with E-state index < -0.39 is 10.0 Å². The van der Waals surface area contributed by atoms with Gasteiger partial charge in [0.25, 0.3) is 10.0 Å². The summed E-state index contributed by atoms with van der Waals surface area (Å²) in [6, 6.07) is 8.86. The van der Waals surface area contributed by atoms with E-state index in [2.05, 4.69) is 26.0 Å². The quantitative estimate of drug-likeness (QED) is 0.792. The van der Waals surface area contributed by atoms with Crippen LogP contribution in [0, 0.1) is 6.92 Å². The first-order valence-corrected chi connectivity index (χ1v) is 9.60. The fourth-order valence-corrected chi connectivity index (χ4v) is 4.38. The van der Waals surface area contributed by atoms with Gasteiger partial charge in [0.05, 0.1) is 0 Å². The van der Waals surface area contributed by atoms with Crippen molar-refractivity contribution in [2.45, 2.75) is 24.6 Å². The van der Waals surface area contributed by atoms with Crippen LogP contribution in [0.2, 0.25) is 0 Å². The van der Waals surface area contributed by atoms with E-state index in [9.17, 15) is 8.42 Å². The number of sulfonamides is 1. The summed E-state index contributed by atoms with van der Waals surface area (Å²) in [4.78, 5) is 1.00. The van der Waals surface area contributed by atoms with Crippen LogP contribution in [0.4, 0.5) is 5.69 Å². The van der Waals surface area contributed by atoms with Crippen LogP contribution in [0.5, 0.6) is 0 Å². The van der Waals surface area contributed by atoms with Crippen molar-refractivity contribution in [3.8, 4) is 0 Å². The summed E-state index contributed by atoms with van der Waals surface area (Å²) in [5, 5.41) is 3.18. The third-order valence-corrected chi connectivity index (χ3v) is 6.71. The number of rotatable bonds is 6. The molecule has 0 bridgehead atoms. The van der Waals surface area contributed by atoms with Crippen molar-refractivity contribution >= 4 is 43.0 Å². The largest absolute Gasteiger partial charge is 0.312 e. The molecule has 21 heavy (non-hydrogen) atoms. The average Bonchev–Trinajstić information content (AvgIpc) is 2.90. The monoisotopic (exact) mass is 388 g/mol. The van der Waals surface area contributed by atoms with Gasteiger partial charge in [-0.2, -0.15) is 0 Å². The maximum absolute atomic E-state index is 12.4. The van der Waals surface area contributed by atoms with Gasteiger partial charge in [0.1, 0.15) is 4.21 Å². The molecule has 0 amide bonds. The Morgan fingerprint density at radius 1 is 1.24 bits per heavy atom. The van der Waals surface area contributed by atoms with Gasteiger partial charge in [-0.3, -0.25) is 4.72 Å². The third kappa shape index (κ3) is 4.29. The van der Waals surface area contributed by atoms with Crippen LogP contribution in [0.15, 0.2) is 39.0 Å². The number of halogens is 1. The Balaban J connectivity index is 2.17. The highest BCUT2D eigenvalue weighted by Gasteiger charge is 2.17. The van der Waals surface area contributed by atoms with Crippen molar-refractivity contribution < 1.29 is 8.42 Å². The van der Waals surface area contributed by atoms with Crippen molar-refractivity contribution in [2.24, 2.45) is 0 Å². The zero-order valence-electron chi connectivity index (χ0n) is 11.8. The standard InChI is InChI=1S/C14H17BrN2O2S2/c1-3-16-9-12-5-7-14(20-12)21(18,19)17-11-4-6-13(15)10(2)8-11/h4-8,16-17H,3,9H2,1-2H3. The average molecular weight is 389 g/mol. The summed E-state index contributed by atoms with van der Waals surface area (Å²) < 4.78 is 28.6. The molecule has 2 N–H and O–H groups in total. The number of aryl methyl sites for hydroxylation is 1. The Labute approximate surface area is 137 Å². The fraction of sp³-hybridized carbons (Fsp3) is 0.286. The topological polar surface area (TPSA) is 58.2 Å². The summed E-state index contributed by atoms with van der Waals surface area (Å²) in [6.07, 6.45) is 0. The second-order valence-corrected chi connectivity index (χ2v) is 8.50. The Bertz CT molecular complexity index is 726. The first-order chi connectivity index (χ1) is 9.92. The van der Waals surface area contributed by atoms with E-state index in [1.807, 2.05) is 26.0 Å². The van der Waals surface area contributed by atoms with E-state index in [4.69, 9.17) is 0 Å². The van der Waals surface area contributed by atoms with E-state index >= 15 is 0 Å². The van der Waals surface area contributed by atoms with Crippen LogP contribution >= 0.6 is 27.3 Å². The molecule has 0 saturated heterocycles. The molecule has 114 valence electrons. The first kappa shape index (κ1) is 16.5. The number of nitrogens with one attached hydrogen (secondary N) is 2. The minimum atomic E-state index is -3.52. The Hall–Kier alpha value is -0.890. The number of hydrogen-bond donors (Lipinski definition) is 2. The van der Waals surface area contributed by atoms with Crippen LogP contribution in [0.1, 0.15) is 17.4 Å². The maximum atomic E-state index is 12.4. The Morgan fingerprint density at radius 2 is 2.00 bits per heavy atom. The summed E-state index contributed by atoms with van der Waals surface area (Å²) >= 11 is 4.68. The number of anilines is 1. The molecule has 2 aromatic rings. The molecule has 7 heteroatoms. The van der Waals surface area contributed by atoms with Gasteiger partial charge in [0.15, 0.2) is 0 Å². The van der Waals surface area contributed by atoms with Gasteiger partial charge in [-0.15, -0.1) is 11.3 Å². The Kier molecular flexibility index (Phi) is 5.43. The normalized spacial score (nSPS) is 11.6. The van der Waals surface area contributed by atoms with Crippen LogP contribution < -0.4 is 10.0 Å². The molecule has 0 spiro atoms. The molecule has 0 aliphatic heterocycles. The lowest BCUT2D eigenvalue weighted by molar-refractivity contribution is 0.603. The molecule has 0 atom stereocenters. The molecule has 0 unspecified atom stereocenters. The SMILES string of the molecule is CCNCc1ccc(S(=O)(=O)Nc2ccc(Br)c(C)c2)s1. The Morgan fingerprint density at radius 3 is 2.67 bits per heavy atom. The summed E-state index contributed by atoms with van der Waals surface area (Å²) in [6.45, 7) is 5.48.